The summed E-state index contributed by atoms with van der Waals surface area (Å²) in [5.41, 5.74) is 4.43. The summed E-state index contributed by atoms with van der Waals surface area (Å²) in [5.74, 6) is -0.178. The molecule has 0 aliphatic carbocycles. The van der Waals surface area contributed by atoms with E-state index in [0.717, 1.165) is 11.1 Å². The zero-order valence-electron chi connectivity index (χ0n) is 14.9. The predicted molar refractivity (Wildman–Crippen MR) is 104 cm³/mol. The van der Waals surface area contributed by atoms with Gasteiger partial charge in [-0.15, -0.1) is 0 Å². The molecule has 1 amide bonds. The van der Waals surface area contributed by atoms with Crippen molar-refractivity contribution in [2.45, 2.75) is 24.7 Å². The van der Waals surface area contributed by atoms with E-state index >= 15 is 0 Å². The van der Waals surface area contributed by atoms with E-state index in [1.165, 1.54) is 6.07 Å². The molecule has 1 saturated heterocycles. The Balaban J connectivity index is 1.71. The third-order valence-electron chi connectivity index (χ3n) is 4.80. The molecule has 140 valence electrons. The molecule has 2 aromatic carbocycles. The normalized spacial score (nSPS) is 16.9. The first kappa shape index (κ1) is 17.8. The number of sulfonamides is 1. The van der Waals surface area contributed by atoms with Gasteiger partial charge in [0.05, 0.1) is 18.1 Å². The van der Waals surface area contributed by atoms with E-state index in [1.807, 2.05) is 19.1 Å². The molecule has 2 N–H and O–H groups in total. The van der Waals surface area contributed by atoms with Gasteiger partial charge in [0, 0.05) is 22.5 Å². The molecule has 27 heavy (non-hydrogen) atoms. The summed E-state index contributed by atoms with van der Waals surface area (Å²) in [4.78, 5) is 12.6. The Labute approximate surface area is 158 Å². The molecule has 0 aromatic heterocycles. The van der Waals surface area contributed by atoms with Crippen molar-refractivity contribution in [2.75, 3.05) is 23.3 Å². The highest BCUT2D eigenvalue weighted by atomic mass is 32.2. The summed E-state index contributed by atoms with van der Waals surface area (Å²) in [7, 11) is -3.76. The number of amides is 1. The van der Waals surface area contributed by atoms with Crippen LogP contribution in [0.3, 0.4) is 0 Å². The summed E-state index contributed by atoms with van der Waals surface area (Å²) >= 11 is 0. The Morgan fingerprint density at radius 3 is 2.44 bits per heavy atom. The SMILES string of the molecule is Cc1ccc(NS(=O)(=O)c2ccc3c(c2)C(=C2CCOCC2)C(=O)N3)cc1. The van der Waals surface area contributed by atoms with E-state index in [-0.39, 0.29) is 10.8 Å². The van der Waals surface area contributed by atoms with E-state index in [9.17, 15) is 13.2 Å². The van der Waals surface area contributed by atoms with Crippen molar-refractivity contribution in [1.29, 1.82) is 0 Å². The van der Waals surface area contributed by atoms with E-state index < -0.39 is 10.0 Å². The molecule has 0 saturated carbocycles. The second kappa shape index (κ2) is 6.83. The number of benzene rings is 2. The number of hydrogen-bond acceptors (Lipinski definition) is 4. The van der Waals surface area contributed by atoms with Gasteiger partial charge in [-0.25, -0.2) is 8.42 Å². The minimum absolute atomic E-state index is 0.128. The molecular weight excluding hydrogens is 364 g/mol. The molecule has 0 radical (unpaired) electrons. The number of carbonyl (C=O) groups is 1. The van der Waals surface area contributed by atoms with Gasteiger partial charge in [0.2, 0.25) is 0 Å². The average Bonchev–Trinajstić information content (AvgIpc) is 2.99. The van der Waals surface area contributed by atoms with Gasteiger partial charge in [0.1, 0.15) is 0 Å². The van der Waals surface area contributed by atoms with E-state index in [2.05, 4.69) is 10.0 Å². The van der Waals surface area contributed by atoms with E-state index in [1.54, 1.807) is 24.3 Å². The lowest BCUT2D eigenvalue weighted by Gasteiger charge is -2.17. The molecule has 2 heterocycles. The van der Waals surface area contributed by atoms with Gasteiger partial charge in [-0.3, -0.25) is 9.52 Å². The van der Waals surface area contributed by atoms with Gasteiger partial charge in [0.25, 0.3) is 15.9 Å². The van der Waals surface area contributed by atoms with Crippen LogP contribution < -0.4 is 10.0 Å². The second-order valence-electron chi connectivity index (χ2n) is 6.72. The fourth-order valence-corrected chi connectivity index (χ4v) is 4.45. The van der Waals surface area contributed by atoms with Crippen LogP contribution in [0.15, 0.2) is 52.9 Å². The van der Waals surface area contributed by atoms with Crippen LogP contribution in [0.1, 0.15) is 24.0 Å². The Hall–Kier alpha value is -2.64. The Morgan fingerprint density at radius 2 is 1.74 bits per heavy atom. The van der Waals surface area contributed by atoms with Crippen molar-refractivity contribution in [1.82, 2.24) is 0 Å². The van der Waals surface area contributed by atoms with Crippen LogP contribution in [0.25, 0.3) is 5.57 Å². The predicted octanol–water partition coefficient (Wildman–Crippen LogP) is 3.31. The molecular formula is C20H20N2O4S. The van der Waals surface area contributed by atoms with Crippen LogP contribution in [-0.4, -0.2) is 27.5 Å². The smallest absolute Gasteiger partial charge is 0.261 e. The summed E-state index contributed by atoms with van der Waals surface area (Å²) < 4.78 is 33.5. The zero-order chi connectivity index (χ0) is 19.0. The topological polar surface area (TPSA) is 84.5 Å². The summed E-state index contributed by atoms with van der Waals surface area (Å²) in [6.07, 6.45) is 1.36. The van der Waals surface area contributed by atoms with Gasteiger partial charge in [-0.1, -0.05) is 23.3 Å². The van der Waals surface area contributed by atoms with Gasteiger partial charge in [-0.2, -0.15) is 0 Å². The lowest BCUT2D eigenvalue weighted by Crippen LogP contribution is -2.13. The largest absolute Gasteiger partial charge is 0.381 e. The molecule has 4 rings (SSSR count). The third-order valence-corrected chi connectivity index (χ3v) is 6.18. The highest BCUT2D eigenvalue weighted by Crippen LogP contribution is 2.38. The fourth-order valence-electron chi connectivity index (χ4n) is 3.37. The lowest BCUT2D eigenvalue weighted by atomic mass is 9.96. The number of rotatable bonds is 3. The van der Waals surface area contributed by atoms with Crippen LogP contribution in [0, 0.1) is 6.92 Å². The molecule has 2 aromatic rings. The highest BCUT2D eigenvalue weighted by Gasteiger charge is 2.29. The molecule has 0 atom stereocenters. The van der Waals surface area contributed by atoms with Crippen molar-refractivity contribution in [3.05, 3.63) is 59.2 Å². The maximum atomic E-state index is 12.8. The number of ether oxygens (including phenoxy) is 1. The standard InChI is InChI=1S/C20H20N2O4S/c1-13-2-4-15(5-3-13)22-27(24,25)16-6-7-18-17(12-16)19(20(23)21-18)14-8-10-26-11-9-14/h2-7,12,22H,8-11H2,1H3,(H,21,23). The minimum Gasteiger partial charge on any atom is -0.381 e. The Morgan fingerprint density at radius 1 is 1.04 bits per heavy atom. The van der Waals surface area contributed by atoms with Crippen LogP contribution in [0.5, 0.6) is 0 Å². The maximum absolute atomic E-state index is 12.8. The summed E-state index contributed by atoms with van der Waals surface area (Å²) in [5, 5.41) is 2.83. The van der Waals surface area contributed by atoms with Crippen LogP contribution in [0.2, 0.25) is 0 Å². The van der Waals surface area contributed by atoms with Gasteiger partial charge in [-0.05, 0) is 50.1 Å². The van der Waals surface area contributed by atoms with Crippen LogP contribution >= 0.6 is 0 Å². The number of aryl methyl sites for hydroxylation is 1. The summed E-state index contributed by atoms with van der Waals surface area (Å²) in [6, 6.07) is 11.9. The van der Waals surface area contributed by atoms with Crippen molar-refractivity contribution in [2.24, 2.45) is 0 Å². The van der Waals surface area contributed by atoms with Crippen molar-refractivity contribution in [3.63, 3.8) is 0 Å². The molecule has 7 heteroatoms. The highest BCUT2D eigenvalue weighted by molar-refractivity contribution is 7.92. The zero-order valence-corrected chi connectivity index (χ0v) is 15.7. The van der Waals surface area contributed by atoms with Crippen molar-refractivity contribution in [3.8, 4) is 0 Å². The molecule has 2 aliphatic rings. The number of hydrogen-bond donors (Lipinski definition) is 2. The van der Waals surface area contributed by atoms with E-state index in [0.29, 0.717) is 48.6 Å². The third kappa shape index (κ3) is 3.48. The first-order valence-electron chi connectivity index (χ1n) is 8.79. The van der Waals surface area contributed by atoms with Gasteiger partial charge in [0.15, 0.2) is 0 Å². The quantitative estimate of drug-likeness (QED) is 0.795. The first-order chi connectivity index (χ1) is 12.9. The number of nitrogens with one attached hydrogen (secondary N) is 2. The van der Waals surface area contributed by atoms with E-state index in [4.69, 9.17) is 4.74 Å². The molecule has 2 aliphatic heterocycles. The molecule has 0 spiro atoms. The number of carbonyl (C=O) groups excluding carboxylic acids is 1. The van der Waals surface area contributed by atoms with Crippen molar-refractivity contribution < 1.29 is 17.9 Å². The lowest BCUT2D eigenvalue weighted by molar-refractivity contribution is -0.110. The average molecular weight is 384 g/mol. The molecule has 0 unspecified atom stereocenters. The first-order valence-corrected chi connectivity index (χ1v) is 10.3. The van der Waals surface area contributed by atoms with Crippen LogP contribution in [0.4, 0.5) is 11.4 Å². The second-order valence-corrected chi connectivity index (χ2v) is 8.41. The van der Waals surface area contributed by atoms with Gasteiger partial charge >= 0.3 is 0 Å². The molecule has 6 nitrogen and oxygen atoms in total. The minimum atomic E-state index is -3.76. The van der Waals surface area contributed by atoms with Crippen molar-refractivity contribution >= 4 is 32.9 Å². The number of anilines is 2. The summed E-state index contributed by atoms with van der Waals surface area (Å²) in [6.45, 7) is 3.09. The Bertz CT molecular complexity index is 1030. The fraction of sp³-hybridized carbons (Fsp3) is 0.250. The maximum Gasteiger partial charge on any atom is 0.261 e. The molecule has 1 fully saturated rings. The molecule has 0 bridgehead atoms. The Kier molecular flexibility index (Phi) is 4.49. The monoisotopic (exact) mass is 384 g/mol. The number of fused-ring (bicyclic) bond motifs is 1. The van der Waals surface area contributed by atoms with Crippen LogP contribution in [-0.2, 0) is 19.6 Å². The van der Waals surface area contributed by atoms with Gasteiger partial charge < -0.3 is 10.1 Å².